The van der Waals surface area contributed by atoms with Gasteiger partial charge in [-0.3, -0.25) is 4.79 Å². The second-order valence-corrected chi connectivity index (χ2v) is 8.65. The molecule has 2 bridgehead atoms. The van der Waals surface area contributed by atoms with Crippen LogP contribution in [0.3, 0.4) is 0 Å². The van der Waals surface area contributed by atoms with Gasteiger partial charge in [0, 0.05) is 18.4 Å². The summed E-state index contributed by atoms with van der Waals surface area (Å²) in [5.74, 6) is 1.90. The molecule has 3 aliphatic rings. The van der Waals surface area contributed by atoms with Crippen LogP contribution in [0.15, 0.2) is 66.7 Å². The lowest BCUT2D eigenvalue weighted by atomic mass is 9.59. The van der Waals surface area contributed by atoms with Crippen molar-refractivity contribution >= 4 is 5.91 Å². The van der Waals surface area contributed by atoms with Crippen LogP contribution >= 0.6 is 0 Å². The number of hydrogen-bond donors (Lipinski definition) is 1. The Morgan fingerprint density at radius 2 is 1.57 bits per heavy atom. The van der Waals surface area contributed by atoms with Crippen LogP contribution in [0.4, 0.5) is 0 Å². The fraction of sp³-hybridized carbons (Fsp3) is 0.296. The molecule has 6 rings (SSSR count). The fourth-order valence-electron chi connectivity index (χ4n) is 5.36. The average molecular weight is 398 g/mol. The van der Waals surface area contributed by atoms with E-state index in [2.05, 4.69) is 66.8 Å². The van der Waals surface area contributed by atoms with Crippen molar-refractivity contribution in [2.45, 2.75) is 32.1 Å². The van der Waals surface area contributed by atoms with Crippen molar-refractivity contribution in [3.63, 3.8) is 0 Å². The summed E-state index contributed by atoms with van der Waals surface area (Å²) in [5.41, 5.74) is 8.03. The maximum Gasteiger partial charge on any atom is 0.257 e. The molecule has 152 valence electrons. The number of aryl methyl sites for hydroxylation is 2. The summed E-state index contributed by atoms with van der Waals surface area (Å²) in [4.78, 5) is 12.5. The van der Waals surface area contributed by atoms with Crippen LogP contribution in [0, 0.1) is 19.8 Å². The van der Waals surface area contributed by atoms with E-state index in [1.165, 1.54) is 27.8 Å². The van der Waals surface area contributed by atoms with Crippen molar-refractivity contribution in [3.05, 3.63) is 100 Å². The molecule has 0 spiro atoms. The molecule has 0 fully saturated rings. The normalized spacial score (nSPS) is 20.9. The Bertz CT molecular complexity index is 1060. The van der Waals surface area contributed by atoms with Gasteiger partial charge in [0.15, 0.2) is 6.61 Å². The first-order chi connectivity index (χ1) is 14.6. The maximum absolute atomic E-state index is 12.5. The van der Waals surface area contributed by atoms with Gasteiger partial charge in [-0.25, -0.2) is 0 Å². The summed E-state index contributed by atoms with van der Waals surface area (Å²) in [7, 11) is 0. The van der Waals surface area contributed by atoms with Crippen LogP contribution in [0.2, 0.25) is 0 Å². The van der Waals surface area contributed by atoms with Crippen molar-refractivity contribution in [2.75, 3.05) is 13.2 Å². The van der Waals surface area contributed by atoms with Gasteiger partial charge in [0.05, 0.1) is 0 Å². The molecular formula is C27H27NO2. The van der Waals surface area contributed by atoms with Gasteiger partial charge < -0.3 is 10.1 Å². The Balaban J connectivity index is 1.28. The minimum Gasteiger partial charge on any atom is -0.484 e. The molecule has 3 aliphatic carbocycles. The first-order valence-electron chi connectivity index (χ1n) is 10.8. The molecule has 0 aromatic heterocycles. The van der Waals surface area contributed by atoms with Crippen LogP contribution in [0.1, 0.15) is 51.6 Å². The third-order valence-corrected chi connectivity index (χ3v) is 6.67. The van der Waals surface area contributed by atoms with Crippen LogP contribution in [0.25, 0.3) is 0 Å². The summed E-state index contributed by atoms with van der Waals surface area (Å²) < 4.78 is 5.76. The highest BCUT2D eigenvalue weighted by molar-refractivity contribution is 5.77. The molecule has 0 saturated carbocycles. The van der Waals surface area contributed by atoms with Gasteiger partial charge in [0.2, 0.25) is 0 Å². The number of rotatable bonds is 5. The smallest absolute Gasteiger partial charge is 0.257 e. The van der Waals surface area contributed by atoms with E-state index in [1.54, 1.807) is 0 Å². The molecule has 0 heterocycles. The largest absolute Gasteiger partial charge is 0.484 e. The third-order valence-electron chi connectivity index (χ3n) is 6.67. The second-order valence-electron chi connectivity index (χ2n) is 8.65. The summed E-state index contributed by atoms with van der Waals surface area (Å²) >= 11 is 0. The molecule has 0 radical (unpaired) electrons. The topological polar surface area (TPSA) is 38.3 Å². The van der Waals surface area contributed by atoms with Gasteiger partial charge in [-0.2, -0.15) is 0 Å². The van der Waals surface area contributed by atoms with E-state index >= 15 is 0 Å². The highest BCUT2D eigenvalue weighted by atomic mass is 16.5. The zero-order valence-corrected chi connectivity index (χ0v) is 17.5. The van der Waals surface area contributed by atoms with E-state index in [4.69, 9.17) is 4.74 Å². The van der Waals surface area contributed by atoms with Gasteiger partial charge >= 0.3 is 0 Å². The number of fused-ring (bicyclic) bond motifs is 1. The molecular weight excluding hydrogens is 370 g/mol. The number of hydrogen-bond acceptors (Lipinski definition) is 2. The predicted octanol–water partition coefficient (Wildman–Crippen LogP) is 5.10. The zero-order valence-electron chi connectivity index (χ0n) is 17.5. The number of ether oxygens (including phenoxy) is 1. The average Bonchev–Trinajstić information content (AvgIpc) is 2.77. The number of carbonyl (C=O) groups excluding carboxylic acids is 1. The van der Waals surface area contributed by atoms with E-state index < -0.39 is 0 Å². The summed E-state index contributed by atoms with van der Waals surface area (Å²) in [6, 6.07) is 23.6. The minimum absolute atomic E-state index is 0.0535. The summed E-state index contributed by atoms with van der Waals surface area (Å²) in [5, 5.41) is 3.14. The molecule has 1 amide bonds. The molecule has 3 nitrogen and oxygen atoms in total. The van der Waals surface area contributed by atoms with Gasteiger partial charge in [-0.15, -0.1) is 0 Å². The monoisotopic (exact) mass is 397 g/mol. The van der Waals surface area contributed by atoms with Gasteiger partial charge in [0.1, 0.15) is 5.75 Å². The SMILES string of the molecule is Cc1ccc(OCC(=O)NCC2CC3c4ccccc4C2c2ccccc23)c(C)c1. The van der Waals surface area contributed by atoms with Gasteiger partial charge in [-0.05, 0) is 60.1 Å². The molecule has 1 unspecified atom stereocenters. The minimum atomic E-state index is -0.0574. The lowest BCUT2D eigenvalue weighted by molar-refractivity contribution is -0.123. The van der Waals surface area contributed by atoms with E-state index in [0.717, 1.165) is 17.7 Å². The van der Waals surface area contributed by atoms with Crippen LogP contribution in [0.5, 0.6) is 5.75 Å². The highest BCUT2D eigenvalue weighted by Gasteiger charge is 2.42. The molecule has 1 N–H and O–H groups in total. The van der Waals surface area contributed by atoms with Crippen molar-refractivity contribution in [2.24, 2.45) is 5.92 Å². The lowest BCUT2D eigenvalue weighted by Crippen LogP contribution is -2.40. The Morgan fingerprint density at radius 3 is 2.20 bits per heavy atom. The second kappa shape index (κ2) is 7.64. The molecule has 0 saturated heterocycles. The summed E-state index contributed by atoms with van der Waals surface area (Å²) in [6.45, 7) is 4.79. The molecule has 3 aromatic carbocycles. The Labute approximate surface area is 178 Å². The molecule has 0 aliphatic heterocycles. The molecule has 3 aromatic rings. The van der Waals surface area contributed by atoms with Gasteiger partial charge in [0.25, 0.3) is 5.91 Å². The molecule has 1 atom stereocenters. The van der Waals surface area contributed by atoms with Crippen LogP contribution < -0.4 is 10.1 Å². The molecule has 3 heteroatoms. The lowest BCUT2D eigenvalue weighted by Gasteiger charge is -2.45. The van der Waals surface area contributed by atoms with E-state index in [9.17, 15) is 4.79 Å². The van der Waals surface area contributed by atoms with Crippen molar-refractivity contribution in [3.8, 4) is 5.75 Å². The Morgan fingerprint density at radius 1 is 0.933 bits per heavy atom. The van der Waals surface area contributed by atoms with E-state index in [1.807, 2.05) is 19.1 Å². The van der Waals surface area contributed by atoms with E-state index in [-0.39, 0.29) is 12.5 Å². The number of carbonyl (C=O) groups is 1. The predicted molar refractivity (Wildman–Crippen MR) is 119 cm³/mol. The first-order valence-corrected chi connectivity index (χ1v) is 10.8. The zero-order chi connectivity index (χ0) is 20.7. The van der Waals surface area contributed by atoms with Crippen molar-refractivity contribution in [1.29, 1.82) is 0 Å². The number of amides is 1. The summed E-state index contributed by atoms with van der Waals surface area (Å²) in [6.07, 6.45) is 1.08. The standard InChI is InChI=1S/C27H27NO2/c1-17-11-12-25(18(2)13-17)30-16-26(29)28-15-19-14-24-20-7-3-5-9-22(20)27(19)23-10-6-4-8-21(23)24/h3-13,19,24,27H,14-16H2,1-2H3,(H,28,29). The van der Waals surface area contributed by atoms with Crippen molar-refractivity contribution < 1.29 is 9.53 Å². The van der Waals surface area contributed by atoms with Crippen LogP contribution in [-0.4, -0.2) is 19.1 Å². The van der Waals surface area contributed by atoms with Crippen molar-refractivity contribution in [1.82, 2.24) is 5.32 Å². The molecule has 30 heavy (non-hydrogen) atoms. The Kier molecular flexibility index (Phi) is 4.82. The number of nitrogens with one attached hydrogen (secondary N) is 1. The fourth-order valence-corrected chi connectivity index (χ4v) is 5.36. The van der Waals surface area contributed by atoms with Gasteiger partial charge in [-0.1, -0.05) is 66.2 Å². The third kappa shape index (κ3) is 3.28. The number of benzene rings is 3. The first kappa shape index (κ1) is 18.9. The van der Waals surface area contributed by atoms with Crippen LogP contribution in [-0.2, 0) is 4.79 Å². The Hall–Kier alpha value is -3.07. The highest BCUT2D eigenvalue weighted by Crippen LogP contribution is 2.55. The maximum atomic E-state index is 12.5. The van der Waals surface area contributed by atoms with E-state index in [0.29, 0.717) is 24.3 Å². The quantitative estimate of drug-likeness (QED) is 0.651.